The molecule has 0 radical (unpaired) electrons. The van der Waals surface area contributed by atoms with E-state index in [1.807, 2.05) is 11.0 Å². The summed E-state index contributed by atoms with van der Waals surface area (Å²) < 4.78 is 0. The summed E-state index contributed by atoms with van der Waals surface area (Å²) in [5, 5.41) is 1.23. The number of hydrogen-bond acceptors (Lipinski definition) is 2. The van der Waals surface area contributed by atoms with Gasteiger partial charge in [0.05, 0.1) is 0 Å². The molecule has 0 saturated carbocycles. The van der Waals surface area contributed by atoms with Gasteiger partial charge in [-0.15, -0.1) is 12.4 Å². The topological polar surface area (TPSA) is 46.3 Å². The van der Waals surface area contributed by atoms with Crippen LogP contribution in [-0.4, -0.2) is 29.9 Å². The standard InChI is InChI=1S/C14H18Cl2N2O.ClH/c15-11-5-3-10(13(16)8-11)4-6-14(19)18-7-1-2-12(17)9-18;/h3,5,8,12H,1-2,4,6-7,9,17H2;1H. The predicted molar refractivity (Wildman–Crippen MR) is 85.8 cm³/mol. The molecule has 1 aliphatic heterocycles. The number of amides is 1. The second-order valence-electron chi connectivity index (χ2n) is 4.98. The Bertz CT molecular complexity index is 468. The van der Waals surface area contributed by atoms with E-state index in [0.717, 1.165) is 24.9 Å². The van der Waals surface area contributed by atoms with E-state index in [2.05, 4.69) is 0 Å². The molecular formula is C14H19Cl3N2O. The Labute approximate surface area is 135 Å². The number of aryl methyl sites for hydroxylation is 1. The molecule has 0 aliphatic carbocycles. The molecule has 1 aromatic rings. The van der Waals surface area contributed by atoms with Crippen molar-refractivity contribution in [3.8, 4) is 0 Å². The van der Waals surface area contributed by atoms with Crippen LogP contribution in [0.2, 0.25) is 10.0 Å². The third-order valence-electron chi connectivity index (χ3n) is 3.43. The van der Waals surface area contributed by atoms with Crippen molar-refractivity contribution in [2.45, 2.75) is 31.7 Å². The van der Waals surface area contributed by atoms with Crippen LogP contribution in [0.25, 0.3) is 0 Å². The second kappa shape index (κ2) is 8.08. The first-order valence-corrected chi connectivity index (χ1v) is 7.29. The lowest BCUT2D eigenvalue weighted by atomic mass is 10.0. The van der Waals surface area contributed by atoms with Crippen molar-refractivity contribution >= 4 is 41.5 Å². The second-order valence-corrected chi connectivity index (χ2v) is 5.82. The first-order chi connectivity index (χ1) is 9.06. The fourth-order valence-corrected chi connectivity index (χ4v) is 2.86. The van der Waals surface area contributed by atoms with E-state index in [9.17, 15) is 4.79 Å². The summed E-state index contributed by atoms with van der Waals surface area (Å²) in [5.74, 6) is 0.154. The normalized spacial score (nSPS) is 18.6. The minimum atomic E-state index is 0. The number of benzene rings is 1. The number of hydrogen-bond donors (Lipinski definition) is 1. The highest BCUT2D eigenvalue weighted by atomic mass is 35.5. The molecule has 0 aromatic heterocycles. The van der Waals surface area contributed by atoms with Gasteiger partial charge in [0.25, 0.3) is 0 Å². The number of halogens is 3. The Balaban J connectivity index is 0.00000200. The maximum absolute atomic E-state index is 12.1. The number of carbonyl (C=O) groups is 1. The van der Waals surface area contributed by atoms with Gasteiger partial charge in [-0.1, -0.05) is 29.3 Å². The van der Waals surface area contributed by atoms with Crippen molar-refractivity contribution in [2.24, 2.45) is 5.73 Å². The largest absolute Gasteiger partial charge is 0.341 e. The van der Waals surface area contributed by atoms with Crippen molar-refractivity contribution in [3.63, 3.8) is 0 Å². The van der Waals surface area contributed by atoms with Gasteiger partial charge < -0.3 is 10.6 Å². The lowest BCUT2D eigenvalue weighted by Crippen LogP contribution is -2.45. The molecule has 1 saturated heterocycles. The zero-order chi connectivity index (χ0) is 13.8. The van der Waals surface area contributed by atoms with Crippen molar-refractivity contribution in [1.82, 2.24) is 4.90 Å². The van der Waals surface area contributed by atoms with E-state index in [0.29, 0.717) is 29.4 Å². The highest BCUT2D eigenvalue weighted by Crippen LogP contribution is 2.22. The Morgan fingerprint density at radius 3 is 2.80 bits per heavy atom. The van der Waals surface area contributed by atoms with Gasteiger partial charge in [0, 0.05) is 35.6 Å². The molecule has 0 spiro atoms. The Hall–Kier alpha value is -0.480. The molecule has 1 atom stereocenters. The number of likely N-dealkylation sites (tertiary alicyclic amines) is 1. The van der Waals surface area contributed by atoms with Crippen LogP contribution in [0.4, 0.5) is 0 Å². The smallest absolute Gasteiger partial charge is 0.222 e. The minimum Gasteiger partial charge on any atom is -0.341 e. The highest BCUT2D eigenvalue weighted by molar-refractivity contribution is 6.35. The van der Waals surface area contributed by atoms with Crippen LogP contribution < -0.4 is 5.73 Å². The summed E-state index contributed by atoms with van der Waals surface area (Å²) in [6.07, 6.45) is 3.11. The van der Waals surface area contributed by atoms with Gasteiger partial charge in [-0.3, -0.25) is 4.79 Å². The summed E-state index contributed by atoms with van der Waals surface area (Å²) in [6, 6.07) is 5.50. The number of carbonyl (C=O) groups excluding carboxylic acids is 1. The molecule has 1 aliphatic rings. The summed E-state index contributed by atoms with van der Waals surface area (Å²) in [6.45, 7) is 1.49. The van der Waals surface area contributed by atoms with Crippen LogP contribution in [-0.2, 0) is 11.2 Å². The third-order valence-corrected chi connectivity index (χ3v) is 4.02. The highest BCUT2D eigenvalue weighted by Gasteiger charge is 2.20. The maximum atomic E-state index is 12.1. The summed E-state index contributed by atoms with van der Waals surface area (Å²) in [7, 11) is 0. The van der Waals surface area contributed by atoms with Crippen LogP contribution >= 0.6 is 35.6 Å². The molecular weight excluding hydrogens is 319 g/mol. The fraction of sp³-hybridized carbons (Fsp3) is 0.500. The molecule has 1 amide bonds. The van der Waals surface area contributed by atoms with Gasteiger partial charge in [0.1, 0.15) is 0 Å². The van der Waals surface area contributed by atoms with Crippen LogP contribution in [0.3, 0.4) is 0 Å². The van der Waals surface area contributed by atoms with E-state index in [4.69, 9.17) is 28.9 Å². The SMILES string of the molecule is Cl.NC1CCCN(C(=O)CCc2ccc(Cl)cc2Cl)C1. The molecule has 1 aromatic carbocycles. The van der Waals surface area contributed by atoms with Gasteiger partial charge in [0.15, 0.2) is 0 Å². The number of rotatable bonds is 3. The first kappa shape index (κ1) is 17.6. The molecule has 112 valence electrons. The van der Waals surface area contributed by atoms with Gasteiger partial charge in [0.2, 0.25) is 5.91 Å². The van der Waals surface area contributed by atoms with E-state index < -0.39 is 0 Å². The summed E-state index contributed by atoms with van der Waals surface area (Å²) >= 11 is 11.9. The van der Waals surface area contributed by atoms with Gasteiger partial charge >= 0.3 is 0 Å². The fourth-order valence-electron chi connectivity index (χ4n) is 2.36. The average molecular weight is 338 g/mol. The Kier molecular flexibility index (Phi) is 7.10. The molecule has 1 heterocycles. The Morgan fingerprint density at radius 2 is 2.15 bits per heavy atom. The summed E-state index contributed by atoms with van der Waals surface area (Å²) in [5.41, 5.74) is 6.84. The molecule has 1 fully saturated rings. The van der Waals surface area contributed by atoms with E-state index in [1.165, 1.54) is 0 Å². The van der Waals surface area contributed by atoms with Crippen LogP contribution in [0.5, 0.6) is 0 Å². The van der Waals surface area contributed by atoms with Gasteiger partial charge in [-0.25, -0.2) is 0 Å². The lowest BCUT2D eigenvalue weighted by Gasteiger charge is -2.30. The van der Waals surface area contributed by atoms with E-state index >= 15 is 0 Å². The van der Waals surface area contributed by atoms with Crippen LogP contribution in [0.15, 0.2) is 18.2 Å². The van der Waals surface area contributed by atoms with Crippen molar-refractivity contribution in [1.29, 1.82) is 0 Å². The van der Waals surface area contributed by atoms with E-state index in [-0.39, 0.29) is 24.4 Å². The zero-order valence-corrected chi connectivity index (χ0v) is 13.5. The molecule has 20 heavy (non-hydrogen) atoms. The molecule has 2 N–H and O–H groups in total. The van der Waals surface area contributed by atoms with Crippen molar-refractivity contribution in [3.05, 3.63) is 33.8 Å². The first-order valence-electron chi connectivity index (χ1n) is 6.53. The number of nitrogens with zero attached hydrogens (tertiary/aromatic N) is 1. The van der Waals surface area contributed by atoms with Gasteiger partial charge in [-0.2, -0.15) is 0 Å². The number of nitrogens with two attached hydrogens (primary N) is 1. The van der Waals surface area contributed by atoms with E-state index in [1.54, 1.807) is 12.1 Å². The molecule has 6 heteroatoms. The summed E-state index contributed by atoms with van der Waals surface area (Å²) in [4.78, 5) is 14.0. The van der Waals surface area contributed by atoms with Crippen LogP contribution in [0.1, 0.15) is 24.8 Å². The Morgan fingerprint density at radius 1 is 1.40 bits per heavy atom. The molecule has 1 unspecified atom stereocenters. The molecule has 0 bridgehead atoms. The van der Waals surface area contributed by atoms with Crippen molar-refractivity contribution in [2.75, 3.05) is 13.1 Å². The number of piperidine rings is 1. The van der Waals surface area contributed by atoms with Crippen molar-refractivity contribution < 1.29 is 4.79 Å². The third kappa shape index (κ3) is 4.81. The average Bonchev–Trinajstić information content (AvgIpc) is 2.37. The van der Waals surface area contributed by atoms with Gasteiger partial charge in [-0.05, 0) is 37.0 Å². The predicted octanol–water partition coefficient (Wildman–Crippen LogP) is 3.30. The lowest BCUT2D eigenvalue weighted by molar-refractivity contribution is -0.132. The molecule has 3 nitrogen and oxygen atoms in total. The molecule has 2 rings (SSSR count). The quantitative estimate of drug-likeness (QED) is 0.920. The minimum absolute atomic E-state index is 0. The van der Waals surface area contributed by atoms with Crippen LogP contribution in [0, 0.1) is 0 Å². The maximum Gasteiger partial charge on any atom is 0.222 e. The zero-order valence-electron chi connectivity index (χ0n) is 11.1. The monoisotopic (exact) mass is 336 g/mol.